The Bertz CT molecular complexity index is 914. The Kier molecular flexibility index (Phi) is 4.82. The number of hydrogen-bond donors (Lipinski definition) is 1. The van der Waals surface area contributed by atoms with E-state index in [4.69, 9.17) is 14.2 Å². The van der Waals surface area contributed by atoms with E-state index >= 15 is 0 Å². The first-order valence-corrected chi connectivity index (χ1v) is 11.1. The Morgan fingerprint density at radius 3 is 2.77 bits per heavy atom. The lowest BCUT2D eigenvalue weighted by Crippen LogP contribution is -2.54. The predicted octanol–water partition coefficient (Wildman–Crippen LogP) is 4.26. The highest BCUT2D eigenvalue weighted by Gasteiger charge is 2.53. The number of piperidine rings is 1. The van der Waals surface area contributed by atoms with E-state index in [1.165, 1.54) is 24.1 Å². The van der Waals surface area contributed by atoms with Crippen molar-refractivity contribution in [1.29, 1.82) is 0 Å². The molecular weight excluding hydrogens is 378 g/mol. The average Bonchev–Trinajstić information content (AvgIpc) is 3.14. The van der Waals surface area contributed by atoms with Crippen LogP contribution >= 0.6 is 0 Å². The second-order valence-corrected chi connectivity index (χ2v) is 9.92. The summed E-state index contributed by atoms with van der Waals surface area (Å²) in [6.07, 6.45) is 5.54. The summed E-state index contributed by atoms with van der Waals surface area (Å²) in [5.41, 5.74) is 3.58. The van der Waals surface area contributed by atoms with Gasteiger partial charge in [0.2, 0.25) is 0 Å². The van der Waals surface area contributed by atoms with Gasteiger partial charge in [0.1, 0.15) is 5.60 Å². The van der Waals surface area contributed by atoms with Crippen molar-refractivity contribution in [3.63, 3.8) is 0 Å². The van der Waals surface area contributed by atoms with E-state index < -0.39 is 0 Å². The van der Waals surface area contributed by atoms with Gasteiger partial charge in [0.25, 0.3) is 0 Å². The minimum atomic E-state index is -0.287. The van der Waals surface area contributed by atoms with Gasteiger partial charge in [-0.1, -0.05) is 12.1 Å². The van der Waals surface area contributed by atoms with Crippen LogP contribution in [0, 0.1) is 18.3 Å². The van der Waals surface area contributed by atoms with E-state index in [0.717, 1.165) is 49.7 Å². The van der Waals surface area contributed by atoms with Gasteiger partial charge in [0, 0.05) is 29.3 Å². The smallest absolute Gasteiger partial charge is 0.167 e. The number of likely N-dealkylation sites (tertiary alicyclic amines) is 1. The molecule has 2 saturated heterocycles. The summed E-state index contributed by atoms with van der Waals surface area (Å²) in [7, 11) is 1.70. The van der Waals surface area contributed by atoms with E-state index in [1.54, 1.807) is 7.11 Å². The molecule has 1 aromatic heterocycles. The van der Waals surface area contributed by atoms with Crippen LogP contribution in [-0.4, -0.2) is 47.5 Å². The lowest BCUT2D eigenvalue weighted by Gasteiger charge is -2.54. The number of H-pyrrole nitrogens is 1. The minimum Gasteiger partial charge on any atom is -0.493 e. The SMILES string of the molecule is COc1cccc2c1OC(C)(C)[C@H]1CC3(CCN(Cc4cn[nH]c4C)CC3)CO[C@H]21. The van der Waals surface area contributed by atoms with E-state index in [9.17, 15) is 0 Å². The molecule has 4 heterocycles. The number of nitrogens with one attached hydrogen (secondary N) is 1. The van der Waals surface area contributed by atoms with Crippen molar-refractivity contribution in [2.45, 2.75) is 58.3 Å². The Labute approximate surface area is 178 Å². The molecular formula is C24H33N3O3. The highest BCUT2D eigenvalue weighted by atomic mass is 16.5. The molecule has 2 atom stereocenters. The van der Waals surface area contributed by atoms with E-state index in [1.807, 2.05) is 18.3 Å². The maximum atomic E-state index is 6.63. The number of aromatic amines is 1. The van der Waals surface area contributed by atoms with Crippen molar-refractivity contribution < 1.29 is 14.2 Å². The first-order valence-electron chi connectivity index (χ1n) is 11.1. The molecule has 0 amide bonds. The second-order valence-electron chi connectivity index (χ2n) is 9.92. The molecule has 1 aromatic carbocycles. The van der Waals surface area contributed by atoms with Gasteiger partial charge in [-0.25, -0.2) is 0 Å². The molecule has 0 bridgehead atoms. The zero-order valence-electron chi connectivity index (χ0n) is 18.5. The van der Waals surface area contributed by atoms with Crippen LogP contribution in [0.3, 0.4) is 0 Å². The Morgan fingerprint density at radius 2 is 2.07 bits per heavy atom. The molecule has 2 fully saturated rings. The monoisotopic (exact) mass is 411 g/mol. The van der Waals surface area contributed by atoms with Gasteiger partial charge in [-0.3, -0.25) is 10.00 Å². The van der Waals surface area contributed by atoms with Crippen LogP contribution in [0.1, 0.15) is 56.0 Å². The number of rotatable bonds is 3. The van der Waals surface area contributed by atoms with Crippen LogP contribution in [-0.2, 0) is 11.3 Å². The highest BCUT2D eigenvalue weighted by molar-refractivity contribution is 5.50. The molecule has 1 N–H and O–H groups in total. The molecule has 3 aliphatic heterocycles. The minimum absolute atomic E-state index is 0.0797. The zero-order valence-corrected chi connectivity index (χ0v) is 18.5. The fourth-order valence-electron chi connectivity index (χ4n) is 5.61. The van der Waals surface area contributed by atoms with Gasteiger partial charge < -0.3 is 14.2 Å². The molecule has 0 unspecified atom stereocenters. The third-order valence-electron chi connectivity index (χ3n) is 7.63. The van der Waals surface area contributed by atoms with Crippen molar-refractivity contribution in [2.75, 3.05) is 26.8 Å². The Hall–Kier alpha value is -2.05. The summed E-state index contributed by atoms with van der Waals surface area (Å²) in [5, 5.41) is 7.22. The number of para-hydroxylation sites is 1. The predicted molar refractivity (Wildman–Crippen MR) is 115 cm³/mol. The molecule has 1 spiro atoms. The summed E-state index contributed by atoms with van der Waals surface area (Å²) in [6, 6.07) is 6.15. The number of aryl methyl sites for hydroxylation is 1. The molecule has 0 aliphatic carbocycles. The van der Waals surface area contributed by atoms with Crippen molar-refractivity contribution in [2.24, 2.45) is 11.3 Å². The lowest BCUT2D eigenvalue weighted by atomic mass is 9.64. The maximum Gasteiger partial charge on any atom is 0.167 e. The standard InChI is InChI=1S/C24H33N3O3/c1-16-17(13-25-26-16)14-27-10-8-24(9-11-27)12-19-21(29-15-24)18-6-5-7-20(28-4)22(18)30-23(19,2)3/h5-7,13,19,21H,8-12,14-15H2,1-4H3,(H,25,26)/t19-,21+/m0/s1. The van der Waals surface area contributed by atoms with Crippen LogP contribution in [0.15, 0.2) is 24.4 Å². The third kappa shape index (κ3) is 3.30. The summed E-state index contributed by atoms with van der Waals surface area (Å²) in [5.74, 6) is 1.99. The van der Waals surface area contributed by atoms with E-state index in [0.29, 0.717) is 5.92 Å². The summed E-state index contributed by atoms with van der Waals surface area (Å²) in [4.78, 5) is 2.55. The fourth-order valence-corrected chi connectivity index (χ4v) is 5.61. The first-order chi connectivity index (χ1) is 14.4. The van der Waals surface area contributed by atoms with Crippen LogP contribution in [0.2, 0.25) is 0 Å². The maximum absolute atomic E-state index is 6.63. The molecule has 6 heteroatoms. The van der Waals surface area contributed by atoms with Crippen molar-refractivity contribution in [3.8, 4) is 11.5 Å². The lowest BCUT2D eigenvalue weighted by molar-refractivity contribution is -0.174. The largest absolute Gasteiger partial charge is 0.493 e. The Morgan fingerprint density at radius 1 is 1.27 bits per heavy atom. The average molecular weight is 412 g/mol. The molecule has 0 radical (unpaired) electrons. The molecule has 3 aliphatic rings. The van der Waals surface area contributed by atoms with E-state index in [2.05, 4.69) is 41.9 Å². The van der Waals surface area contributed by atoms with Crippen molar-refractivity contribution in [1.82, 2.24) is 15.1 Å². The van der Waals surface area contributed by atoms with Gasteiger partial charge >= 0.3 is 0 Å². The summed E-state index contributed by atoms with van der Waals surface area (Å²) in [6.45, 7) is 10.5. The second kappa shape index (κ2) is 7.27. The number of hydrogen-bond acceptors (Lipinski definition) is 5. The number of nitrogens with zero attached hydrogens (tertiary/aromatic N) is 2. The number of ether oxygens (including phenoxy) is 3. The topological polar surface area (TPSA) is 59.6 Å². The normalized spacial score (nSPS) is 27.2. The van der Waals surface area contributed by atoms with Gasteiger partial charge in [-0.05, 0) is 64.6 Å². The van der Waals surface area contributed by atoms with Crippen molar-refractivity contribution >= 4 is 0 Å². The van der Waals surface area contributed by atoms with Gasteiger partial charge in [0.15, 0.2) is 11.5 Å². The van der Waals surface area contributed by atoms with E-state index in [-0.39, 0.29) is 17.1 Å². The van der Waals surface area contributed by atoms with Gasteiger partial charge in [-0.2, -0.15) is 5.10 Å². The molecule has 0 saturated carbocycles. The first kappa shape index (κ1) is 19.9. The number of fused-ring (bicyclic) bond motifs is 3. The van der Waals surface area contributed by atoms with Crippen LogP contribution in [0.25, 0.3) is 0 Å². The van der Waals surface area contributed by atoms with Gasteiger partial charge in [0.05, 0.1) is 26.0 Å². The van der Waals surface area contributed by atoms with Crippen LogP contribution < -0.4 is 9.47 Å². The van der Waals surface area contributed by atoms with Crippen LogP contribution in [0.5, 0.6) is 11.5 Å². The molecule has 6 nitrogen and oxygen atoms in total. The molecule has 162 valence electrons. The number of methoxy groups -OCH3 is 1. The van der Waals surface area contributed by atoms with Crippen LogP contribution in [0.4, 0.5) is 0 Å². The number of aromatic nitrogens is 2. The molecule has 2 aromatic rings. The quantitative estimate of drug-likeness (QED) is 0.818. The van der Waals surface area contributed by atoms with Crippen molar-refractivity contribution in [3.05, 3.63) is 41.2 Å². The Balaban J connectivity index is 1.32. The highest BCUT2D eigenvalue weighted by Crippen LogP contribution is 2.57. The van der Waals surface area contributed by atoms with Gasteiger partial charge in [-0.15, -0.1) is 0 Å². The summed E-state index contributed by atoms with van der Waals surface area (Å²) >= 11 is 0. The molecule has 5 rings (SSSR count). The zero-order chi connectivity index (χ0) is 20.9. The summed E-state index contributed by atoms with van der Waals surface area (Å²) < 4.78 is 18.7. The fraction of sp³-hybridized carbons (Fsp3) is 0.625. The third-order valence-corrected chi connectivity index (χ3v) is 7.63. The number of benzene rings is 1. The molecule has 30 heavy (non-hydrogen) atoms.